The molecule has 0 bridgehead atoms. The van der Waals surface area contributed by atoms with Crippen molar-refractivity contribution in [3.63, 3.8) is 0 Å². The highest BCUT2D eigenvalue weighted by Gasteiger charge is 2.42. The van der Waals surface area contributed by atoms with Crippen LogP contribution in [0.4, 0.5) is 22.7 Å². The summed E-state index contributed by atoms with van der Waals surface area (Å²) in [5.41, 5.74) is 4.70. The van der Waals surface area contributed by atoms with Gasteiger partial charge in [0.2, 0.25) is 5.91 Å². The summed E-state index contributed by atoms with van der Waals surface area (Å²) in [5.74, 6) is -1.47. The lowest BCUT2D eigenvalue weighted by Gasteiger charge is -2.24. The molecule has 0 radical (unpaired) electrons. The minimum Gasteiger partial charge on any atom is -0.479 e. The van der Waals surface area contributed by atoms with Crippen molar-refractivity contribution in [2.75, 3.05) is 22.2 Å². The van der Waals surface area contributed by atoms with Gasteiger partial charge in [0.05, 0.1) is 33.0 Å². The molecule has 3 amide bonds. The minimum atomic E-state index is -1.04. The predicted molar refractivity (Wildman–Crippen MR) is 313 cm³/mol. The molecular weight excluding hydrogens is 1050 g/mol. The Morgan fingerprint density at radius 3 is 1.85 bits per heavy atom. The first kappa shape index (κ1) is 61.4. The van der Waals surface area contributed by atoms with Gasteiger partial charge in [0, 0.05) is 22.0 Å². The molecule has 16 heteroatoms. The van der Waals surface area contributed by atoms with E-state index in [2.05, 4.69) is 29.9 Å². The first-order valence-electron chi connectivity index (χ1n) is 27.2. The number of thioether (sulfide) groups is 1. The number of carbonyl (C=O) groups is 4. The molecule has 2 atom stereocenters. The highest BCUT2D eigenvalue weighted by atomic mass is 35.5. The lowest BCUT2D eigenvalue weighted by Crippen LogP contribution is -2.37. The maximum absolute atomic E-state index is 14.6. The highest BCUT2D eigenvalue weighted by Crippen LogP contribution is 2.42. The van der Waals surface area contributed by atoms with Crippen LogP contribution in [0.1, 0.15) is 179 Å². The Morgan fingerprint density at radius 2 is 1.24 bits per heavy atom. The summed E-state index contributed by atoms with van der Waals surface area (Å²) in [7, 11) is 0. The molecule has 0 spiro atoms. The Labute approximate surface area is 470 Å². The van der Waals surface area contributed by atoms with E-state index in [0.29, 0.717) is 35.0 Å². The predicted octanol–water partition coefficient (Wildman–Crippen LogP) is 17.8. The SMILES string of the molecule is CCCCCCCCCCCCCC(=O)Nc1ccc(Cl)c(N=C2NN(c3c(Cl)cc(Cl)cc3Cl)C(=O)C2Sc2ccccc2NC(=O)C(Oc2ccccc2C(=O)OCCCCCCCCCCCC)C(C)C)c1. The van der Waals surface area contributed by atoms with Crippen LogP contribution in [-0.2, 0) is 19.1 Å². The Morgan fingerprint density at radius 1 is 0.680 bits per heavy atom. The quantitative estimate of drug-likeness (QED) is 0.0311. The van der Waals surface area contributed by atoms with Gasteiger partial charge in [-0.05, 0) is 73.4 Å². The molecule has 1 saturated heterocycles. The van der Waals surface area contributed by atoms with E-state index in [0.717, 1.165) is 50.3 Å². The van der Waals surface area contributed by atoms with Gasteiger partial charge in [-0.15, -0.1) is 11.8 Å². The van der Waals surface area contributed by atoms with Crippen LogP contribution in [-0.4, -0.2) is 47.5 Å². The van der Waals surface area contributed by atoms with Crippen molar-refractivity contribution in [1.82, 2.24) is 5.43 Å². The van der Waals surface area contributed by atoms with Crippen LogP contribution in [0, 0.1) is 5.92 Å². The van der Waals surface area contributed by atoms with E-state index >= 15 is 0 Å². The number of hydrogen-bond acceptors (Lipinski definition) is 8. The molecule has 1 fully saturated rings. The Balaban J connectivity index is 1.27. The zero-order valence-electron chi connectivity index (χ0n) is 44.3. The number of halogens is 4. The number of unbranched alkanes of at least 4 members (excludes halogenated alkanes) is 19. The topological polar surface area (TPSA) is 138 Å². The number of hydrazine groups is 1. The maximum atomic E-state index is 14.6. The summed E-state index contributed by atoms with van der Waals surface area (Å²) < 4.78 is 12.0. The van der Waals surface area contributed by atoms with Crippen LogP contribution < -0.4 is 25.8 Å². The van der Waals surface area contributed by atoms with Crippen LogP contribution in [0.3, 0.4) is 0 Å². The largest absolute Gasteiger partial charge is 0.479 e. The highest BCUT2D eigenvalue weighted by molar-refractivity contribution is 8.01. The number of benzene rings is 4. The van der Waals surface area contributed by atoms with Crippen LogP contribution in [0.15, 0.2) is 88.8 Å². The molecule has 0 saturated carbocycles. The minimum absolute atomic E-state index is 0.113. The van der Waals surface area contributed by atoms with E-state index in [1.165, 1.54) is 113 Å². The van der Waals surface area contributed by atoms with Crippen LogP contribution >= 0.6 is 58.2 Å². The van der Waals surface area contributed by atoms with Crippen molar-refractivity contribution in [3.05, 3.63) is 105 Å². The normalized spacial score (nSPS) is 14.3. The molecule has 1 heterocycles. The van der Waals surface area contributed by atoms with Gasteiger partial charge in [-0.25, -0.2) is 14.8 Å². The van der Waals surface area contributed by atoms with Gasteiger partial charge in [-0.1, -0.05) is 220 Å². The molecule has 0 aliphatic carbocycles. The van der Waals surface area contributed by atoms with Gasteiger partial charge in [-0.2, -0.15) is 0 Å². The fourth-order valence-corrected chi connectivity index (χ4v) is 11.0. The van der Waals surface area contributed by atoms with E-state index in [1.807, 2.05) is 13.8 Å². The van der Waals surface area contributed by atoms with E-state index in [9.17, 15) is 19.2 Å². The number of rotatable bonds is 34. The van der Waals surface area contributed by atoms with E-state index in [1.54, 1.807) is 66.7 Å². The maximum Gasteiger partial charge on any atom is 0.341 e. The zero-order valence-corrected chi connectivity index (χ0v) is 48.1. The van der Waals surface area contributed by atoms with Gasteiger partial charge in [-0.3, -0.25) is 19.8 Å². The Kier molecular flexibility index (Phi) is 27.5. The van der Waals surface area contributed by atoms with E-state index in [4.69, 9.17) is 60.9 Å². The first-order valence-corrected chi connectivity index (χ1v) is 29.6. The molecule has 4 aromatic rings. The van der Waals surface area contributed by atoms with Gasteiger partial charge >= 0.3 is 5.97 Å². The summed E-state index contributed by atoms with van der Waals surface area (Å²) in [6.07, 6.45) is 24.2. The molecule has 408 valence electrons. The monoisotopic (exact) mass is 1120 g/mol. The van der Waals surface area contributed by atoms with Crippen molar-refractivity contribution >= 4 is 110 Å². The number of nitrogens with one attached hydrogen (secondary N) is 3. The number of para-hydroxylation sites is 2. The second-order valence-electron chi connectivity index (χ2n) is 19.6. The number of carbonyl (C=O) groups excluding carboxylic acids is 4. The van der Waals surface area contributed by atoms with Gasteiger partial charge in [0.15, 0.2) is 6.10 Å². The number of anilines is 3. The van der Waals surface area contributed by atoms with E-state index < -0.39 is 29.1 Å². The number of nitrogens with zero attached hydrogens (tertiary/aromatic N) is 2. The molecule has 1 aliphatic rings. The summed E-state index contributed by atoms with van der Waals surface area (Å²) in [4.78, 5) is 60.7. The first-order chi connectivity index (χ1) is 36.3. The van der Waals surface area contributed by atoms with Crippen molar-refractivity contribution in [3.8, 4) is 5.75 Å². The van der Waals surface area contributed by atoms with Crippen molar-refractivity contribution in [1.29, 1.82) is 0 Å². The smallest absolute Gasteiger partial charge is 0.341 e. The third-order valence-corrected chi connectivity index (χ3v) is 15.3. The Bertz CT molecular complexity index is 2470. The third-order valence-electron chi connectivity index (χ3n) is 12.9. The zero-order chi connectivity index (χ0) is 54.0. The van der Waals surface area contributed by atoms with Crippen molar-refractivity contribution < 1.29 is 28.7 Å². The van der Waals surface area contributed by atoms with Gasteiger partial charge in [0.25, 0.3) is 11.8 Å². The summed E-state index contributed by atoms with van der Waals surface area (Å²) in [6.45, 7) is 8.48. The lowest BCUT2D eigenvalue weighted by atomic mass is 10.1. The number of amidine groups is 1. The lowest BCUT2D eigenvalue weighted by molar-refractivity contribution is -0.124. The second-order valence-corrected chi connectivity index (χ2v) is 22.4. The third kappa shape index (κ3) is 20.5. The Hall–Kier alpha value is -4.46. The average molecular weight is 1130 g/mol. The summed E-state index contributed by atoms with van der Waals surface area (Å²) >= 11 is 27.5. The van der Waals surface area contributed by atoms with Crippen molar-refractivity contribution in [2.45, 2.75) is 185 Å². The molecule has 5 rings (SSSR count). The molecular formula is C59H77Cl4N5O6S. The standard InChI is InChI=1S/C59H77Cl4N5O6S/c1-5-7-9-11-13-15-17-18-20-22-24-34-52(69)64-43-35-36-45(61)49(40-43)65-56-55(58(71)68(67-56)53-46(62)38-42(60)39-47(53)63)75-51-33-28-26-31-48(51)66-57(70)54(41(3)4)74-50-32-27-25-30-44(50)59(72)73-37-29-23-21-19-16-14-12-10-8-6-2/h25-28,30-33,35-36,38-41,54-55H,5-24,29,34,37H2,1-4H3,(H,64,69)(H,65,67)(H,66,70). The second kappa shape index (κ2) is 33.6. The average Bonchev–Trinajstić information content (AvgIpc) is 3.67. The van der Waals surface area contributed by atoms with Gasteiger partial charge in [0.1, 0.15) is 28.1 Å². The number of esters is 1. The van der Waals surface area contributed by atoms with Crippen LogP contribution in [0.5, 0.6) is 5.75 Å². The molecule has 2 unspecified atom stereocenters. The number of amides is 3. The van der Waals surface area contributed by atoms with Gasteiger partial charge < -0.3 is 20.1 Å². The number of hydrogen-bond donors (Lipinski definition) is 3. The molecule has 3 N–H and O–H groups in total. The van der Waals surface area contributed by atoms with Crippen LogP contribution in [0.2, 0.25) is 20.1 Å². The fraction of sp³-hybridized carbons (Fsp3) is 0.508. The molecule has 75 heavy (non-hydrogen) atoms. The van der Waals surface area contributed by atoms with Crippen molar-refractivity contribution in [2.24, 2.45) is 10.9 Å². The number of aliphatic imine (C=N–C) groups is 1. The fourth-order valence-electron chi connectivity index (χ4n) is 8.75. The summed E-state index contributed by atoms with van der Waals surface area (Å²) in [5, 5.41) is 6.98. The molecule has 1 aliphatic heterocycles. The molecule has 11 nitrogen and oxygen atoms in total. The van der Waals surface area contributed by atoms with Crippen LogP contribution in [0.25, 0.3) is 0 Å². The number of ether oxygens (including phenoxy) is 2. The summed E-state index contributed by atoms with van der Waals surface area (Å²) in [6, 6.07) is 21.8. The molecule has 0 aromatic heterocycles. The molecule has 4 aromatic carbocycles. The van der Waals surface area contributed by atoms with E-state index in [-0.39, 0.29) is 54.8 Å².